The Morgan fingerprint density at radius 1 is 1.12 bits per heavy atom. The normalized spacial score (nSPS) is 11.3. The highest BCUT2D eigenvalue weighted by Crippen LogP contribution is 2.31. The number of furan rings is 1. The molecule has 0 aliphatic heterocycles. The molecule has 6 heteroatoms. The number of nitrogens with zero attached hydrogens (tertiary/aromatic N) is 3. The first-order valence-electron chi connectivity index (χ1n) is 9.09. The molecule has 0 atom stereocenters. The van der Waals surface area contributed by atoms with Gasteiger partial charge in [-0.25, -0.2) is 4.98 Å². The number of hydrogen-bond acceptors (Lipinski definition) is 5. The van der Waals surface area contributed by atoms with E-state index >= 15 is 0 Å². The van der Waals surface area contributed by atoms with Crippen LogP contribution in [0.15, 0.2) is 21.1 Å². The maximum Gasteiger partial charge on any atom is 0.259 e. The molecule has 0 fully saturated rings. The number of fused-ring (bicyclic) bond motifs is 1. The van der Waals surface area contributed by atoms with E-state index in [1.165, 1.54) is 0 Å². The van der Waals surface area contributed by atoms with Crippen molar-refractivity contribution in [2.24, 2.45) is 0 Å². The highest BCUT2D eigenvalue weighted by molar-refractivity contribution is 6.07. The number of aryl methyl sites for hydroxylation is 3. The third-order valence-electron chi connectivity index (χ3n) is 4.44. The minimum atomic E-state index is -0.00785. The molecular formula is C20H25N3O3. The van der Waals surface area contributed by atoms with E-state index in [2.05, 4.69) is 24.0 Å². The smallest absolute Gasteiger partial charge is 0.259 e. The average molecular weight is 355 g/mol. The second-order valence-electron chi connectivity index (χ2n) is 6.62. The van der Waals surface area contributed by atoms with E-state index in [-0.39, 0.29) is 5.91 Å². The summed E-state index contributed by atoms with van der Waals surface area (Å²) >= 11 is 0. The lowest BCUT2D eigenvalue weighted by atomic mass is 10.0. The van der Waals surface area contributed by atoms with Gasteiger partial charge in [0.2, 0.25) is 0 Å². The fourth-order valence-corrected chi connectivity index (χ4v) is 3.31. The Bertz CT molecular complexity index is 933. The highest BCUT2D eigenvalue weighted by Gasteiger charge is 2.23. The first-order valence-corrected chi connectivity index (χ1v) is 9.09. The first-order chi connectivity index (χ1) is 12.5. The molecule has 0 aromatic carbocycles. The van der Waals surface area contributed by atoms with Crippen LogP contribution in [0.25, 0.3) is 22.4 Å². The van der Waals surface area contributed by atoms with Crippen molar-refractivity contribution < 1.29 is 13.7 Å². The number of carbonyl (C=O) groups is 1. The van der Waals surface area contributed by atoms with Crippen LogP contribution in [0.1, 0.15) is 54.3 Å². The quantitative estimate of drug-likeness (QED) is 0.642. The standard InChI is InChI=1S/C20H25N3O3/c1-6-8-23(9-7-2)20(24)16-11-17(15-10-12(3)25-14(15)5)21-19-18(16)13(4)22-26-19/h10-11H,6-9H2,1-5H3. The van der Waals surface area contributed by atoms with Gasteiger partial charge in [-0.2, -0.15) is 0 Å². The van der Waals surface area contributed by atoms with E-state index in [0.29, 0.717) is 28.1 Å². The monoisotopic (exact) mass is 355 g/mol. The zero-order valence-corrected chi connectivity index (χ0v) is 16.0. The van der Waals surface area contributed by atoms with Gasteiger partial charge in [-0.05, 0) is 45.7 Å². The molecule has 6 nitrogen and oxygen atoms in total. The van der Waals surface area contributed by atoms with Gasteiger partial charge in [-0.3, -0.25) is 4.79 Å². The number of amides is 1. The van der Waals surface area contributed by atoms with E-state index in [9.17, 15) is 4.79 Å². The van der Waals surface area contributed by atoms with E-state index < -0.39 is 0 Å². The molecule has 0 bridgehead atoms. The number of carbonyl (C=O) groups excluding carboxylic acids is 1. The van der Waals surface area contributed by atoms with Crippen molar-refractivity contribution in [3.05, 3.63) is 34.9 Å². The Hall–Kier alpha value is -2.63. The van der Waals surface area contributed by atoms with Crippen LogP contribution in [0.4, 0.5) is 0 Å². The van der Waals surface area contributed by atoms with Gasteiger partial charge in [0.05, 0.1) is 22.3 Å². The van der Waals surface area contributed by atoms with E-state index in [1.54, 1.807) is 0 Å². The molecular weight excluding hydrogens is 330 g/mol. The maximum absolute atomic E-state index is 13.3. The van der Waals surface area contributed by atoms with Crippen molar-refractivity contribution in [3.63, 3.8) is 0 Å². The van der Waals surface area contributed by atoms with Crippen molar-refractivity contribution in [2.75, 3.05) is 13.1 Å². The number of aromatic nitrogens is 2. The van der Waals surface area contributed by atoms with Crippen LogP contribution in [0.2, 0.25) is 0 Å². The summed E-state index contributed by atoms with van der Waals surface area (Å²) in [6.07, 6.45) is 1.82. The molecule has 0 aliphatic carbocycles. The molecule has 3 rings (SSSR count). The lowest BCUT2D eigenvalue weighted by Gasteiger charge is -2.22. The Morgan fingerprint density at radius 3 is 2.38 bits per heavy atom. The molecule has 3 heterocycles. The van der Waals surface area contributed by atoms with Gasteiger partial charge in [0.1, 0.15) is 11.5 Å². The van der Waals surface area contributed by atoms with Gasteiger partial charge in [0.15, 0.2) is 0 Å². The molecule has 0 spiro atoms. The topological polar surface area (TPSA) is 72.4 Å². The Morgan fingerprint density at radius 2 is 1.81 bits per heavy atom. The van der Waals surface area contributed by atoms with Gasteiger partial charge in [0, 0.05) is 18.7 Å². The third kappa shape index (κ3) is 3.23. The largest absolute Gasteiger partial charge is 0.466 e. The number of pyridine rings is 1. The summed E-state index contributed by atoms with van der Waals surface area (Å²) in [7, 11) is 0. The van der Waals surface area contributed by atoms with E-state index in [0.717, 1.165) is 43.0 Å². The lowest BCUT2D eigenvalue weighted by molar-refractivity contribution is 0.0757. The second-order valence-corrected chi connectivity index (χ2v) is 6.62. The van der Waals surface area contributed by atoms with Gasteiger partial charge < -0.3 is 13.8 Å². The highest BCUT2D eigenvalue weighted by atomic mass is 16.5. The zero-order chi connectivity index (χ0) is 18.8. The summed E-state index contributed by atoms with van der Waals surface area (Å²) in [4.78, 5) is 19.7. The molecule has 0 aliphatic rings. The van der Waals surface area contributed by atoms with Crippen molar-refractivity contribution in [2.45, 2.75) is 47.5 Å². The van der Waals surface area contributed by atoms with Crippen molar-refractivity contribution in [1.29, 1.82) is 0 Å². The van der Waals surface area contributed by atoms with Crippen LogP contribution >= 0.6 is 0 Å². The van der Waals surface area contributed by atoms with Crippen molar-refractivity contribution >= 4 is 17.0 Å². The van der Waals surface area contributed by atoms with E-state index in [4.69, 9.17) is 8.94 Å². The molecule has 26 heavy (non-hydrogen) atoms. The van der Waals surface area contributed by atoms with Crippen LogP contribution in [0.3, 0.4) is 0 Å². The predicted octanol–water partition coefficient (Wildman–Crippen LogP) is 4.67. The molecule has 0 saturated heterocycles. The molecule has 3 aromatic heterocycles. The molecule has 0 radical (unpaired) electrons. The first kappa shape index (κ1) is 18.2. The molecule has 138 valence electrons. The van der Waals surface area contributed by atoms with Crippen LogP contribution in [0, 0.1) is 20.8 Å². The summed E-state index contributed by atoms with van der Waals surface area (Å²) in [5.41, 5.74) is 3.18. The fraction of sp³-hybridized carbons (Fsp3) is 0.450. The van der Waals surface area contributed by atoms with Gasteiger partial charge >= 0.3 is 0 Å². The summed E-state index contributed by atoms with van der Waals surface area (Å²) in [5.74, 6) is 1.56. The number of rotatable bonds is 6. The minimum Gasteiger partial charge on any atom is -0.466 e. The summed E-state index contributed by atoms with van der Waals surface area (Å²) in [6.45, 7) is 11.2. The van der Waals surface area contributed by atoms with Gasteiger partial charge in [-0.1, -0.05) is 19.0 Å². The van der Waals surface area contributed by atoms with E-state index in [1.807, 2.05) is 37.8 Å². The van der Waals surface area contributed by atoms with Crippen LogP contribution in [-0.2, 0) is 0 Å². The fourth-order valence-electron chi connectivity index (χ4n) is 3.31. The van der Waals surface area contributed by atoms with Crippen LogP contribution < -0.4 is 0 Å². The molecule has 0 N–H and O–H groups in total. The summed E-state index contributed by atoms with van der Waals surface area (Å²) in [6, 6.07) is 3.77. The van der Waals surface area contributed by atoms with Crippen molar-refractivity contribution in [3.8, 4) is 11.3 Å². The zero-order valence-electron chi connectivity index (χ0n) is 16.0. The third-order valence-corrected chi connectivity index (χ3v) is 4.44. The van der Waals surface area contributed by atoms with Gasteiger partial charge in [0.25, 0.3) is 11.6 Å². The molecule has 3 aromatic rings. The van der Waals surface area contributed by atoms with Crippen LogP contribution in [0.5, 0.6) is 0 Å². The SMILES string of the molecule is CCCN(CCC)C(=O)c1cc(-c2cc(C)oc2C)nc2onc(C)c12. The Balaban J connectivity index is 2.17. The Labute approximate surface area is 153 Å². The summed E-state index contributed by atoms with van der Waals surface area (Å²) in [5, 5.41) is 4.71. The van der Waals surface area contributed by atoms with Gasteiger partial charge in [-0.15, -0.1) is 0 Å². The second kappa shape index (κ2) is 7.32. The molecule has 1 amide bonds. The predicted molar refractivity (Wildman–Crippen MR) is 100 cm³/mol. The molecule has 0 unspecified atom stereocenters. The van der Waals surface area contributed by atoms with Crippen molar-refractivity contribution in [1.82, 2.24) is 15.0 Å². The maximum atomic E-state index is 13.3. The lowest BCUT2D eigenvalue weighted by Crippen LogP contribution is -2.32. The average Bonchev–Trinajstić information content (AvgIpc) is 3.15. The number of hydrogen-bond donors (Lipinski definition) is 0. The summed E-state index contributed by atoms with van der Waals surface area (Å²) < 4.78 is 11.0. The minimum absolute atomic E-state index is 0.00785. The van der Waals surface area contributed by atoms with Crippen LogP contribution in [-0.4, -0.2) is 34.0 Å². The molecule has 0 saturated carbocycles. The Kier molecular flexibility index (Phi) is 5.11.